The molecule has 3 aromatic rings. The molecule has 3 aliphatic rings. The van der Waals surface area contributed by atoms with Gasteiger partial charge in [-0.05, 0) is 68.0 Å². The van der Waals surface area contributed by atoms with E-state index in [2.05, 4.69) is 46.2 Å². The number of urea groups is 1. The Labute approximate surface area is 253 Å². The second kappa shape index (κ2) is 11.8. The molecular formula is C33H40N6O4. The second-order valence-electron chi connectivity index (χ2n) is 12.1. The summed E-state index contributed by atoms with van der Waals surface area (Å²) in [6.07, 6.45) is 4.71. The molecule has 1 N–H and O–H groups in total. The third-order valence-electron chi connectivity index (χ3n) is 9.24. The van der Waals surface area contributed by atoms with Crippen LogP contribution in [0.15, 0.2) is 48.8 Å². The van der Waals surface area contributed by atoms with Crippen LogP contribution in [0.4, 0.5) is 22.0 Å². The largest absolute Gasteiger partial charge is 0.497 e. The van der Waals surface area contributed by atoms with E-state index in [0.29, 0.717) is 25.4 Å². The summed E-state index contributed by atoms with van der Waals surface area (Å²) in [6.45, 7) is 7.61. The SMILES string of the molecule is COCCC1(C)CN(C(=O)c2cc(N3CCC(N4CCc5cc(OC)ccc5NC4=O)CC3)ncn2)c2ccc(C)cc21. The highest BCUT2D eigenvalue weighted by atomic mass is 16.5. The molecule has 1 unspecified atom stereocenters. The van der Waals surface area contributed by atoms with Gasteiger partial charge >= 0.3 is 6.03 Å². The van der Waals surface area contributed by atoms with E-state index in [0.717, 1.165) is 67.3 Å². The molecule has 3 aliphatic heterocycles. The van der Waals surface area contributed by atoms with Crippen LogP contribution < -0.4 is 19.9 Å². The van der Waals surface area contributed by atoms with Gasteiger partial charge in [0.2, 0.25) is 0 Å². The van der Waals surface area contributed by atoms with Gasteiger partial charge in [0.05, 0.1) is 7.11 Å². The lowest BCUT2D eigenvalue weighted by molar-refractivity contribution is 0.0977. The van der Waals surface area contributed by atoms with Gasteiger partial charge in [-0.15, -0.1) is 0 Å². The van der Waals surface area contributed by atoms with Gasteiger partial charge in [0, 0.05) is 68.8 Å². The van der Waals surface area contributed by atoms with Crippen LogP contribution in [-0.2, 0) is 16.6 Å². The molecule has 4 heterocycles. The first-order valence-electron chi connectivity index (χ1n) is 15.0. The van der Waals surface area contributed by atoms with E-state index >= 15 is 0 Å². The van der Waals surface area contributed by atoms with Crippen LogP contribution in [0.25, 0.3) is 0 Å². The minimum atomic E-state index is -0.197. The Hall–Kier alpha value is -4.18. The topological polar surface area (TPSA) is 100 Å². The fourth-order valence-electron chi connectivity index (χ4n) is 6.70. The molecule has 2 aromatic carbocycles. The molecule has 0 spiro atoms. The lowest BCUT2D eigenvalue weighted by atomic mass is 9.81. The van der Waals surface area contributed by atoms with Crippen LogP contribution in [0.5, 0.6) is 5.75 Å². The maximum atomic E-state index is 13.9. The number of methoxy groups -OCH3 is 2. The van der Waals surface area contributed by atoms with Crippen LogP contribution in [0.3, 0.4) is 0 Å². The monoisotopic (exact) mass is 584 g/mol. The van der Waals surface area contributed by atoms with Crippen molar-refractivity contribution in [2.75, 3.05) is 62.1 Å². The fraction of sp³-hybridized carbons (Fsp3) is 0.455. The summed E-state index contributed by atoms with van der Waals surface area (Å²) in [5, 5.41) is 3.09. The molecule has 1 aromatic heterocycles. The minimum Gasteiger partial charge on any atom is -0.497 e. The number of aromatic nitrogens is 2. The highest BCUT2D eigenvalue weighted by Crippen LogP contribution is 2.44. The lowest BCUT2D eigenvalue weighted by Gasteiger charge is -2.38. The summed E-state index contributed by atoms with van der Waals surface area (Å²) in [5.74, 6) is 1.41. The summed E-state index contributed by atoms with van der Waals surface area (Å²) in [5.41, 5.74) is 5.40. The number of hydrogen-bond donors (Lipinski definition) is 1. The van der Waals surface area contributed by atoms with Gasteiger partial charge in [0.25, 0.3) is 5.91 Å². The highest BCUT2D eigenvalue weighted by Gasteiger charge is 2.42. The normalized spacial score (nSPS) is 20.4. The first-order chi connectivity index (χ1) is 20.8. The molecule has 0 radical (unpaired) electrons. The molecule has 1 atom stereocenters. The highest BCUT2D eigenvalue weighted by molar-refractivity contribution is 6.07. The summed E-state index contributed by atoms with van der Waals surface area (Å²) < 4.78 is 10.8. The number of nitrogens with one attached hydrogen (secondary N) is 1. The summed E-state index contributed by atoms with van der Waals surface area (Å²) >= 11 is 0. The lowest BCUT2D eigenvalue weighted by Crippen LogP contribution is -2.49. The molecule has 6 rings (SSSR count). The third-order valence-corrected chi connectivity index (χ3v) is 9.24. The third kappa shape index (κ3) is 5.63. The van der Waals surface area contributed by atoms with Crippen LogP contribution in [0.2, 0.25) is 0 Å². The molecule has 0 aliphatic carbocycles. The fourth-order valence-corrected chi connectivity index (χ4v) is 6.70. The quantitative estimate of drug-likeness (QED) is 0.426. The average Bonchev–Trinajstić information content (AvgIpc) is 3.20. The number of anilines is 3. The molecule has 1 saturated heterocycles. The zero-order chi connectivity index (χ0) is 30.1. The molecule has 0 bridgehead atoms. The Morgan fingerprint density at radius 2 is 1.88 bits per heavy atom. The molecule has 1 fully saturated rings. The van der Waals surface area contributed by atoms with Crippen molar-refractivity contribution in [3.63, 3.8) is 0 Å². The first-order valence-corrected chi connectivity index (χ1v) is 15.0. The van der Waals surface area contributed by atoms with E-state index in [4.69, 9.17) is 9.47 Å². The van der Waals surface area contributed by atoms with Gasteiger partial charge in [-0.3, -0.25) is 4.79 Å². The Morgan fingerprint density at radius 1 is 1.07 bits per heavy atom. The smallest absolute Gasteiger partial charge is 0.322 e. The predicted molar refractivity (Wildman–Crippen MR) is 166 cm³/mol. The molecule has 43 heavy (non-hydrogen) atoms. The molecule has 226 valence electrons. The maximum Gasteiger partial charge on any atom is 0.322 e. The van der Waals surface area contributed by atoms with Crippen LogP contribution in [0, 0.1) is 6.92 Å². The standard InChI is InChI=1S/C33H40N6O4/c1-22-5-8-29-26(17-22)33(2,12-16-42-3)20-39(29)31(40)28-19-30(35-21-34-28)37-13-10-24(11-14-37)38-15-9-23-18-25(43-4)6-7-27(23)36-32(38)41/h5-8,17-19,21,24H,9-16,20H2,1-4H3,(H,36,41). The number of piperidine rings is 1. The van der Waals surface area contributed by atoms with E-state index in [1.165, 1.54) is 17.5 Å². The van der Waals surface area contributed by atoms with Gasteiger partial charge in [-0.25, -0.2) is 14.8 Å². The van der Waals surface area contributed by atoms with Crippen molar-refractivity contribution >= 4 is 29.1 Å². The van der Waals surface area contributed by atoms with Gasteiger partial charge in [0.1, 0.15) is 23.6 Å². The second-order valence-corrected chi connectivity index (χ2v) is 12.1. The predicted octanol–water partition coefficient (Wildman–Crippen LogP) is 4.81. The van der Waals surface area contributed by atoms with Crippen molar-refractivity contribution in [3.05, 3.63) is 71.2 Å². The first kappa shape index (κ1) is 28.9. The van der Waals surface area contributed by atoms with Gasteiger partial charge in [-0.2, -0.15) is 0 Å². The Bertz CT molecular complexity index is 1520. The van der Waals surface area contributed by atoms with E-state index in [9.17, 15) is 9.59 Å². The number of aryl methyl sites for hydroxylation is 1. The number of benzene rings is 2. The van der Waals surface area contributed by atoms with Crippen LogP contribution in [-0.4, -0.2) is 79.9 Å². The summed E-state index contributed by atoms with van der Waals surface area (Å²) in [6, 6.07) is 13.9. The van der Waals surface area contributed by atoms with E-state index in [-0.39, 0.29) is 23.4 Å². The number of carbonyl (C=O) groups excluding carboxylic acids is 2. The number of nitrogens with zero attached hydrogens (tertiary/aromatic N) is 5. The van der Waals surface area contributed by atoms with Gasteiger partial charge in [0.15, 0.2) is 0 Å². The van der Waals surface area contributed by atoms with Crippen molar-refractivity contribution in [1.29, 1.82) is 0 Å². The summed E-state index contributed by atoms with van der Waals surface area (Å²) in [4.78, 5) is 42.0. The maximum absolute atomic E-state index is 13.9. The molecule has 0 saturated carbocycles. The average molecular weight is 585 g/mol. The van der Waals surface area contributed by atoms with Crippen molar-refractivity contribution in [1.82, 2.24) is 14.9 Å². The van der Waals surface area contributed by atoms with E-state index in [1.54, 1.807) is 14.2 Å². The Kier molecular flexibility index (Phi) is 7.96. The van der Waals surface area contributed by atoms with Gasteiger partial charge < -0.3 is 29.5 Å². The number of fused-ring (bicyclic) bond motifs is 2. The number of rotatable bonds is 7. The zero-order valence-electron chi connectivity index (χ0n) is 25.4. The number of amides is 3. The van der Waals surface area contributed by atoms with Crippen LogP contribution in [0.1, 0.15) is 53.4 Å². The van der Waals surface area contributed by atoms with Crippen LogP contribution >= 0.6 is 0 Å². The number of carbonyl (C=O) groups is 2. The molecule has 3 amide bonds. The minimum absolute atomic E-state index is 0.0594. The van der Waals surface area contributed by atoms with Gasteiger partial charge in [-0.1, -0.05) is 24.6 Å². The van der Waals surface area contributed by atoms with Crippen molar-refractivity contribution < 1.29 is 19.1 Å². The summed E-state index contributed by atoms with van der Waals surface area (Å²) in [7, 11) is 3.36. The van der Waals surface area contributed by atoms with Crippen molar-refractivity contribution in [2.24, 2.45) is 0 Å². The molecule has 10 heteroatoms. The number of hydrogen-bond acceptors (Lipinski definition) is 7. The van der Waals surface area contributed by atoms with Crippen molar-refractivity contribution in [3.8, 4) is 5.75 Å². The van der Waals surface area contributed by atoms with E-state index < -0.39 is 0 Å². The van der Waals surface area contributed by atoms with Crippen molar-refractivity contribution in [2.45, 2.75) is 51.0 Å². The molecular weight excluding hydrogens is 544 g/mol. The Balaban J connectivity index is 1.13. The number of ether oxygens (including phenoxy) is 2. The Morgan fingerprint density at radius 3 is 2.65 bits per heavy atom. The zero-order valence-corrected chi connectivity index (χ0v) is 25.4. The van der Waals surface area contributed by atoms with E-state index in [1.807, 2.05) is 40.1 Å². The molecule has 10 nitrogen and oxygen atoms in total.